The van der Waals surface area contributed by atoms with E-state index in [0.717, 1.165) is 32.7 Å². The van der Waals surface area contributed by atoms with E-state index in [1.165, 1.54) is 66.1 Å². The molecule has 10 rings (SSSR count). The van der Waals surface area contributed by atoms with E-state index in [2.05, 4.69) is 146 Å². The summed E-state index contributed by atoms with van der Waals surface area (Å²) < 4.78 is 14.2. The molecule has 0 saturated heterocycles. The lowest BCUT2D eigenvalue weighted by Crippen LogP contribution is -1.91. The molecule has 49 heavy (non-hydrogen) atoms. The van der Waals surface area contributed by atoms with Gasteiger partial charge in [0.05, 0.1) is 1.37 Å². The summed E-state index contributed by atoms with van der Waals surface area (Å²) in [4.78, 5) is 0. The van der Waals surface area contributed by atoms with Crippen LogP contribution in [0, 0.1) is 0 Å². The lowest BCUT2D eigenvalue weighted by atomic mass is 9.85. The van der Waals surface area contributed by atoms with Crippen LogP contribution in [0.2, 0.25) is 0 Å². The predicted molar refractivity (Wildman–Crippen MR) is 208 cm³/mol. The minimum Gasteiger partial charge on any atom is -0.456 e. The van der Waals surface area contributed by atoms with Crippen molar-refractivity contribution in [2.75, 3.05) is 0 Å². The van der Waals surface area contributed by atoms with Crippen LogP contribution in [0.5, 0.6) is 0 Å². The zero-order chi connectivity index (χ0) is 33.2. The van der Waals surface area contributed by atoms with Crippen molar-refractivity contribution in [3.05, 3.63) is 182 Å². The van der Waals surface area contributed by atoms with Crippen LogP contribution < -0.4 is 0 Å². The van der Waals surface area contributed by atoms with E-state index in [9.17, 15) is 0 Å². The molecule has 0 atom stereocenters. The van der Waals surface area contributed by atoms with Crippen molar-refractivity contribution < 1.29 is 5.79 Å². The second-order valence-corrected chi connectivity index (χ2v) is 12.8. The number of fused-ring (bicyclic) bond motifs is 6. The van der Waals surface area contributed by atoms with Gasteiger partial charge < -0.3 is 4.42 Å². The van der Waals surface area contributed by atoms with Crippen LogP contribution in [0.1, 0.15) is 1.37 Å². The van der Waals surface area contributed by atoms with E-state index in [1.54, 1.807) is 0 Å². The molecule has 1 heteroatoms. The first-order chi connectivity index (χ1) is 24.7. The summed E-state index contributed by atoms with van der Waals surface area (Å²) >= 11 is 0. The number of rotatable bonds is 4. The van der Waals surface area contributed by atoms with Crippen LogP contribution in [0.3, 0.4) is 0 Å². The quantitative estimate of drug-likeness (QED) is 0.178. The Labute approximate surface area is 285 Å². The molecule has 9 aromatic carbocycles. The van der Waals surface area contributed by atoms with Gasteiger partial charge in [0.25, 0.3) is 0 Å². The maximum Gasteiger partial charge on any atom is 0.136 e. The van der Waals surface area contributed by atoms with Gasteiger partial charge in [0.15, 0.2) is 0 Å². The lowest BCUT2D eigenvalue weighted by molar-refractivity contribution is 0.669. The Morgan fingerprint density at radius 1 is 0.347 bits per heavy atom. The van der Waals surface area contributed by atoms with E-state index >= 15 is 0 Å². The Morgan fingerprint density at radius 2 is 0.918 bits per heavy atom. The molecule has 1 aromatic heterocycles. The molecule has 0 bridgehead atoms. The second-order valence-electron chi connectivity index (χ2n) is 12.8. The van der Waals surface area contributed by atoms with Gasteiger partial charge in [-0.05, 0) is 101 Å². The van der Waals surface area contributed by atoms with Crippen LogP contribution in [-0.2, 0) is 0 Å². The minimum absolute atomic E-state index is 0.533. The van der Waals surface area contributed by atoms with Gasteiger partial charge in [0, 0.05) is 10.8 Å². The second kappa shape index (κ2) is 11.1. The normalized spacial score (nSPS) is 12.0. The number of benzene rings is 9. The smallest absolute Gasteiger partial charge is 0.136 e. The van der Waals surface area contributed by atoms with Gasteiger partial charge in [0.1, 0.15) is 11.2 Å². The monoisotopic (exact) mass is 623 g/mol. The molecule has 1 heterocycles. The summed E-state index contributed by atoms with van der Waals surface area (Å²) in [6, 6.07) is 63.1. The summed E-state index contributed by atoms with van der Waals surface area (Å²) in [6.45, 7) is 0. The first kappa shape index (κ1) is 26.6. The van der Waals surface area contributed by atoms with Gasteiger partial charge in [-0.1, -0.05) is 158 Å². The van der Waals surface area contributed by atoms with Crippen molar-refractivity contribution in [2.45, 2.75) is 0 Å². The highest BCUT2D eigenvalue weighted by Crippen LogP contribution is 2.45. The molecule has 0 fully saturated rings. The summed E-state index contributed by atoms with van der Waals surface area (Å²) in [5.74, 6) is 0. The van der Waals surface area contributed by atoms with Crippen LogP contribution in [-0.4, -0.2) is 0 Å². The van der Waals surface area contributed by atoms with E-state index in [0.29, 0.717) is 6.04 Å². The topological polar surface area (TPSA) is 13.1 Å². The number of para-hydroxylation sites is 1. The standard InChI is InChI=1S/C48H30O/c1-2-12-34-29-36(28-23-31(34)11-1)35-13-9-14-37(30-35)47-41-17-5-3-15-39(41)46(40-16-4-6-18-42(40)47)33-26-24-32(25-27-33)38-20-10-22-45-48(38)43-19-7-8-21-44(43)49-45/h1-30H/i1D. The molecule has 1 nitrogen and oxygen atoms in total. The van der Waals surface area contributed by atoms with E-state index in [-0.39, 0.29) is 0 Å². The van der Waals surface area contributed by atoms with E-state index in [4.69, 9.17) is 5.79 Å². The fraction of sp³-hybridized carbons (Fsp3) is 0. The Hall–Kier alpha value is -6.44. The van der Waals surface area contributed by atoms with Gasteiger partial charge in [-0.3, -0.25) is 0 Å². The van der Waals surface area contributed by atoms with Gasteiger partial charge in [-0.25, -0.2) is 0 Å². The Kier molecular flexibility index (Phi) is 6.02. The molecular weight excluding hydrogens is 593 g/mol. The molecule has 0 saturated carbocycles. The molecule has 0 radical (unpaired) electrons. The van der Waals surface area contributed by atoms with Crippen molar-refractivity contribution in [2.24, 2.45) is 0 Å². The molecule has 0 unspecified atom stereocenters. The summed E-state index contributed by atoms with van der Waals surface area (Å²) in [6.07, 6.45) is 0. The minimum atomic E-state index is 0.533. The number of hydrogen-bond donors (Lipinski definition) is 0. The van der Waals surface area contributed by atoms with Crippen LogP contribution in [0.25, 0.3) is 98.8 Å². The van der Waals surface area contributed by atoms with Crippen molar-refractivity contribution in [3.8, 4) is 44.5 Å². The van der Waals surface area contributed by atoms with Crippen molar-refractivity contribution in [3.63, 3.8) is 0 Å². The molecule has 0 aliphatic rings. The van der Waals surface area contributed by atoms with Gasteiger partial charge in [0.2, 0.25) is 0 Å². The molecule has 0 spiro atoms. The summed E-state index contributed by atoms with van der Waals surface area (Å²) in [5.41, 5.74) is 11.4. The fourth-order valence-electron chi connectivity index (χ4n) is 7.74. The Bertz CT molecular complexity index is 2870. The van der Waals surface area contributed by atoms with E-state index < -0.39 is 0 Å². The highest BCUT2D eigenvalue weighted by molar-refractivity contribution is 6.21. The maximum absolute atomic E-state index is 8.01. The zero-order valence-corrected chi connectivity index (χ0v) is 26.7. The highest BCUT2D eigenvalue weighted by atomic mass is 16.3. The third-order valence-electron chi connectivity index (χ3n) is 9.99. The average molecular weight is 624 g/mol. The SMILES string of the molecule is [2H]c1ccc2cc(-c3cccc(-c4c5ccccc5c(-c5ccc(-c6cccc7oc8ccccc8c67)cc5)c5ccccc45)c3)ccc2c1. The van der Waals surface area contributed by atoms with Crippen LogP contribution in [0.15, 0.2) is 186 Å². The molecule has 0 aliphatic heterocycles. The highest BCUT2D eigenvalue weighted by Gasteiger charge is 2.18. The van der Waals surface area contributed by atoms with Gasteiger partial charge in [-0.15, -0.1) is 0 Å². The van der Waals surface area contributed by atoms with Gasteiger partial charge >= 0.3 is 0 Å². The van der Waals surface area contributed by atoms with E-state index in [1.807, 2.05) is 30.3 Å². The average Bonchev–Trinajstić information content (AvgIpc) is 3.56. The van der Waals surface area contributed by atoms with Crippen molar-refractivity contribution >= 4 is 54.3 Å². The maximum atomic E-state index is 8.01. The van der Waals surface area contributed by atoms with Crippen molar-refractivity contribution in [1.29, 1.82) is 0 Å². The summed E-state index contributed by atoms with van der Waals surface area (Å²) in [7, 11) is 0. The number of hydrogen-bond acceptors (Lipinski definition) is 1. The summed E-state index contributed by atoms with van der Waals surface area (Å²) in [5, 5.41) is 9.47. The fourth-order valence-corrected chi connectivity index (χ4v) is 7.74. The molecule has 0 aliphatic carbocycles. The zero-order valence-electron chi connectivity index (χ0n) is 27.7. The molecule has 0 N–H and O–H groups in total. The Balaban J connectivity index is 1.13. The third kappa shape index (κ3) is 4.47. The van der Waals surface area contributed by atoms with Gasteiger partial charge in [-0.2, -0.15) is 0 Å². The number of furan rings is 1. The molecule has 228 valence electrons. The predicted octanol–water partition coefficient (Wildman–Crippen LogP) is 13.7. The Morgan fingerprint density at radius 3 is 1.67 bits per heavy atom. The molecule has 0 amide bonds. The van der Waals surface area contributed by atoms with Crippen LogP contribution >= 0.6 is 0 Å². The lowest BCUT2D eigenvalue weighted by Gasteiger charge is -2.18. The third-order valence-corrected chi connectivity index (χ3v) is 9.99. The van der Waals surface area contributed by atoms with Crippen LogP contribution in [0.4, 0.5) is 0 Å². The van der Waals surface area contributed by atoms with Crippen molar-refractivity contribution in [1.82, 2.24) is 0 Å². The molecule has 10 aromatic rings. The molecular formula is C48H30O. The first-order valence-corrected chi connectivity index (χ1v) is 16.8. The largest absolute Gasteiger partial charge is 0.456 e. The first-order valence-electron chi connectivity index (χ1n) is 17.3.